The molecule has 104 valence electrons. The zero-order valence-corrected chi connectivity index (χ0v) is 12.7. The summed E-state index contributed by atoms with van der Waals surface area (Å²) in [6.45, 7) is 4.17. The number of aryl methyl sites for hydroxylation is 2. The third kappa shape index (κ3) is 2.25. The summed E-state index contributed by atoms with van der Waals surface area (Å²) >= 11 is 6.14. The zero-order chi connectivity index (χ0) is 14.3. The van der Waals surface area contributed by atoms with E-state index in [-0.39, 0.29) is 0 Å². The van der Waals surface area contributed by atoms with Crippen molar-refractivity contribution in [3.63, 3.8) is 0 Å². The maximum atomic E-state index is 6.14. The molecule has 2 aromatic carbocycles. The minimum Gasteiger partial charge on any atom is -0.496 e. The lowest BCUT2D eigenvalue weighted by Gasteiger charge is -2.14. The Kier molecular flexibility index (Phi) is 3.35. The van der Waals surface area contributed by atoms with Crippen LogP contribution in [0.3, 0.4) is 0 Å². The first-order chi connectivity index (χ1) is 9.58. The first kappa shape index (κ1) is 13.3. The van der Waals surface area contributed by atoms with E-state index in [1.807, 2.05) is 12.1 Å². The summed E-state index contributed by atoms with van der Waals surface area (Å²) in [5.74, 6) is 0.934. The number of hydrogen-bond donors (Lipinski definition) is 1. The van der Waals surface area contributed by atoms with E-state index < -0.39 is 0 Å². The average molecular weight is 288 g/mol. The lowest BCUT2D eigenvalue weighted by Crippen LogP contribution is -2.06. The van der Waals surface area contributed by atoms with Gasteiger partial charge in [0.2, 0.25) is 0 Å². The van der Waals surface area contributed by atoms with Gasteiger partial charge in [0, 0.05) is 10.7 Å². The molecule has 3 heteroatoms. The van der Waals surface area contributed by atoms with Gasteiger partial charge in [-0.2, -0.15) is 0 Å². The molecule has 1 N–H and O–H groups in total. The van der Waals surface area contributed by atoms with Crippen molar-refractivity contribution < 1.29 is 4.74 Å². The fourth-order valence-corrected chi connectivity index (χ4v) is 3.24. The van der Waals surface area contributed by atoms with Crippen molar-refractivity contribution in [1.82, 2.24) is 0 Å². The molecule has 1 aliphatic heterocycles. The van der Waals surface area contributed by atoms with Crippen molar-refractivity contribution in [2.45, 2.75) is 26.3 Å². The summed E-state index contributed by atoms with van der Waals surface area (Å²) in [6.07, 6.45) is 0.975. The van der Waals surface area contributed by atoms with Crippen molar-refractivity contribution in [1.29, 1.82) is 0 Å². The maximum Gasteiger partial charge on any atom is 0.121 e. The Balaban J connectivity index is 1.92. The Morgan fingerprint density at radius 1 is 1.15 bits per heavy atom. The molecule has 1 unspecified atom stereocenters. The van der Waals surface area contributed by atoms with Crippen molar-refractivity contribution in [2.75, 3.05) is 12.4 Å². The molecule has 0 saturated carbocycles. The van der Waals surface area contributed by atoms with E-state index in [0.29, 0.717) is 6.04 Å². The Morgan fingerprint density at radius 2 is 1.95 bits per heavy atom. The van der Waals surface area contributed by atoms with Crippen molar-refractivity contribution in [3.8, 4) is 5.75 Å². The summed E-state index contributed by atoms with van der Waals surface area (Å²) in [7, 11) is 1.71. The van der Waals surface area contributed by atoms with E-state index in [1.165, 1.54) is 22.4 Å². The van der Waals surface area contributed by atoms with Gasteiger partial charge in [0.1, 0.15) is 5.75 Å². The molecular weight excluding hydrogens is 270 g/mol. The van der Waals surface area contributed by atoms with Crippen molar-refractivity contribution in [2.24, 2.45) is 0 Å². The Morgan fingerprint density at radius 3 is 2.65 bits per heavy atom. The van der Waals surface area contributed by atoms with Crippen LogP contribution in [0.15, 0.2) is 30.3 Å². The van der Waals surface area contributed by atoms with E-state index in [9.17, 15) is 0 Å². The first-order valence-corrected chi connectivity index (χ1v) is 7.16. The van der Waals surface area contributed by atoms with Crippen LogP contribution >= 0.6 is 11.6 Å². The van der Waals surface area contributed by atoms with Crippen LogP contribution in [0.25, 0.3) is 0 Å². The number of rotatable bonds is 2. The highest BCUT2D eigenvalue weighted by Crippen LogP contribution is 2.38. The molecule has 0 aromatic heterocycles. The number of fused-ring (bicyclic) bond motifs is 1. The highest BCUT2D eigenvalue weighted by molar-refractivity contribution is 6.30. The Bertz CT molecular complexity index is 666. The van der Waals surface area contributed by atoms with Gasteiger partial charge in [-0.25, -0.2) is 0 Å². The van der Waals surface area contributed by atoms with Gasteiger partial charge in [0.05, 0.1) is 13.2 Å². The van der Waals surface area contributed by atoms with Gasteiger partial charge >= 0.3 is 0 Å². The van der Waals surface area contributed by atoms with Gasteiger partial charge in [-0.15, -0.1) is 0 Å². The topological polar surface area (TPSA) is 21.3 Å². The Labute approximate surface area is 124 Å². The molecule has 0 fully saturated rings. The third-order valence-corrected chi connectivity index (χ3v) is 4.16. The third-order valence-electron chi connectivity index (χ3n) is 3.95. The zero-order valence-electron chi connectivity index (χ0n) is 12.0. The molecular formula is C17H18ClNO. The molecule has 1 heterocycles. The van der Waals surface area contributed by atoms with Crippen LogP contribution in [-0.4, -0.2) is 7.11 Å². The van der Waals surface area contributed by atoms with Crippen LogP contribution in [-0.2, 0) is 6.42 Å². The summed E-state index contributed by atoms with van der Waals surface area (Å²) < 4.78 is 5.32. The average Bonchev–Trinajstić information content (AvgIpc) is 2.82. The predicted octanol–water partition coefficient (Wildman–Crippen LogP) is 4.67. The summed E-state index contributed by atoms with van der Waals surface area (Å²) in [6, 6.07) is 10.7. The largest absolute Gasteiger partial charge is 0.496 e. The molecule has 0 aliphatic carbocycles. The van der Waals surface area contributed by atoms with E-state index in [1.54, 1.807) is 7.11 Å². The fraction of sp³-hybridized carbons (Fsp3) is 0.294. The molecule has 1 aliphatic rings. The molecule has 0 bridgehead atoms. The molecule has 2 nitrogen and oxygen atoms in total. The smallest absolute Gasteiger partial charge is 0.121 e. The molecule has 20 heavy (non-hydrogen) atoms. The van der Waals surface area contributed by atoms with Crippen LogP contribution < -0.4 is 10.1 Å². The van der Waals surface area contributed by atoms with E-state index in [2.05, 4.69) is 37.4 Å². The Hall–Kier alpha value is -1.67. The van der Waals surface area contributed by atoms with Gasteiger partial charge in [-0.05, 0) is 60.7 Å². The summed E-state index contributed by atoms with van der Waals surface area (Å²) in [4.78, 5) is 0. The second-order valence-corrected chi connectivity index (χ2v) is 5.82. The van der Waals surface area contributed by atoms with Crippen LogP contribution in [0.1, 0.15) is 28.3 Å². The number of benzene rings is 2. The lowest BCUT2D eigenvalue weighted by molar-refractivity contribution is 0.411. The first-order valence-electron chi connectivity index (χ1n) is 6.78. The molecule has 0 spiro atoms. The van der Waals surface area contributed by atoms with Gasteiger partial charge < -0.3 is 10.1 Å². The number of methoxy groups -OCH3 is 1. The summed E-state index contributed by atoms with van der Waals surface area (Å²) in [5.41, 5.74) is 6.19. The molecule has 0 saturated heterocycles. The molecule has 0 radical (unpaired) electrons. The van der Waals surface area contributed by atoms with Gasteiger partial charge in [0.15, 0.2) is 0 Å². The van der Waals surface area contributed by atoms with Gasteiger partial charge in [-0.3, -0.25) is 0 Å². The standard InChI is InChI=1S/C17H18ClNO/c1-10-6-12(4-5-16(10)20-3)15-9-13-8-14(18)7-11(2)17(13)19-15/h4-8,15,19H,9H2,1-3H3. The van der Waals surface area contributed by atoms with E-state index in [0.717, 1.165) is 22.8 Å². The number of ether oxygens (including phenoxy) is 1. The fourth-order valence-electron chi connectivity index (χ4n) is 2.94. The van der Waals surface area contributed by atoms with Crippen LogP contribution in [0.4, 0.5) is 5.69 Å². The molecule has 3 rings (SSSR count). The van der Waals surface area contributed by atoms with Crippen LogP contribution in [0.2, 0.25) is 5.02 Å². The molecule has 2 aromatic rings. The maximum absolute atomic E-state index is 6.14. The van der Waals surface area contributed by atoms with E-state index in [4.69, 9.17) is 16.3 Å². The predicted molar refractivity (Wildman–Crippen MR) is 84.0 cm³/mol. The normalized spacial score (nSPS) is 16.7. The van der Waals surface area contributed by atoms with Crippen molar-refractivity contribution in [3.05, 3.63) is 57.6 Å². The number of halogens is 1. The van der Waals surface area contributed by atoms with E-state index >= 15 is 0 Å². The highest BCUT2D eigenvalue weighted by atomic mass is 35.5. The van der Waals surface area contributed by atoms with Gasteiger partial charge in [-0.1, -0.05) is 23.7 Å². The quantitative estimate of drug-likeness (QED) is 0.866. The van der Waals surface area contributed by atoms with Gasteiger partial charge in [0.25, 0.3) is 0 Å². The minimum absolute atomic E-state index is 0.312. The molecule has 0 amide bonds. The summed E-state index contributed by atoms with van der Waals surface area (Å²) in [5, 5.41) is 4.43. The number of anilines is 1. The molecule has 1 atom stereocenters. The van der Waals surface area contributed by atoms with Crippen LogP contribution in [0, 0.1) is 13.8 Å². The highest BCUT2D eigenvalue weighted by Gasteiger charge is 2.24. The number of nitrogens with one attached hydrogen (secondary N) is 1. The van der Waals surface area contributed by atoms with Crippen LogP contribution in [0.5, 0.6) is 5.75 Å². The van der Waals surface area contributed by atoms with Crippen molar-refractivity contribution >= 4 is 17.3 Å². The monoisotopic (exact) mass is 287 g/mol. The SMILES string of the molecule is COc1ccc(C2Cc3cc(Cl)cc(C)c3N2)cc1C. The minimum atomic E-state index is 0.312. The second kappa shape index (κ2) is 5.02. The number of hydrogen-bond acceptors (Lipinski definition) is 2. The lowest BCUT2D eigenvalue weighted by atomic mass is 10.0. The second-order valence-electron chi connectivity index (χ2n) is 5.39.